The summed E-state index contributed by atoms with van der Waals surface area (Å²) in [6, 6.07) is 5.73. The molecule has 0 radical (unpaired) electrons. The minimum Gasteiger partial charge on any atom is -0.508 e. The zero-order valence-electron chi connectivity index (χ0n) is 18.5. The summed E-state index contributed by atoms with van der Waals surface area (Å²) in [7, 11) is 4.00. The van der Waals surface area contributed by atoms with E-state index in [2.05, 4.69) is 60.3 Å². The summed E-state index contributed by atoms with van der Waals surface area (Å²) in [5.41, 5.74) is 2.96. The topological polar surface area (TPSA) is 79.1 Å². The van der Waals surface area contributed by atoms with Gasteiger partial charge in [0.15, 0.2) is 0 Å². The Morgan fingerprint density at radius 2 is 1.83 bits per heavy atom. The predicted octanol–water partition coefficient (Wildman–Crippen LogP) is 4.06. The van der Waals surface area contributed by atoms with Gasteiger partial charge in [0.1, 0.15) is 10.8 Å². The molecule has 2 aromatic heterocycles. The molecule has 4 rings (SSSR count). The number of phenolic OH excluding ortho intramolecular Hbond substituents is 1. The van der Waals surface area contributed by atoms with Crippen molar-refractivity contribution >= 4 is 16.5 Å². The number of aromatic nitrogens is 4. The summed E-state index contributed by atoms with van der Waals surface area (Å²) < 4.78 is 1.77. The quantitative estimate of drug-likeness (QED) is 0.655. The van der Waals surface area contributed by atoms with E-state index in [1.54, 1.807) is 28.2 Å². The molecule has 1 fully saturated rings. The molecule has 7 nitrogen and oxygen atoms in total. The van der Waals surface area contributed by atoms with Crippen molar-refractivity contribution in [2.24, 2.45) is 7.05 Å². The SMILES string of the molecule is CN(c1nnc(-c2cc(O)ccc2-c2cnn(C)c2)s1)C1CC(C)(C)NC(C)(C)C1. The highest BCUT2D eigenvalue weighted by molar-refractivity contribution is 7.18. The van der Waals surface area contributed by atoms with Gasteiger partial charge in [-0.25, -0.2) is 0 Å². The van der Waals surface area contributed by atoms with Crippen LogP contribution in [0.5, 0.6) is 5.75 Å². The monoisotopic (exact) mass is 426 g/mol. The van der Waals surface area contributed by atoms with Crippen LogP contribution < -0.4 is 10.2 Å². The number of phenols is 1. The van der Waals surface area contributed by atoms with Crippen LogP contribution in [0.15, 0.2) is 30.6 Å². The first-order chi connectivity index (χ1) is 14.0. The molecule has 1 aliphatic heterocycles. The average molecular weight is 427 g/mol. The lowest BCUT2D eigenvalue weighted by molar-refractivity contribution is 0.161. The van der Waals surface area contributed by atoms with Gasteiger partial charge in [0, 0.05) is 48.5 Å². The maximum Gasteiger partial charge on any atom is 0.208 e. The molecule has 0 spiro atoms. The third kappa shape index (κ3) is 4.20. The van der Waals surface area contributed by atoms with Crippen LogP contribution in [-0.4, -0.2) is 49.3 Å². The predicted molar refractivity (Wildman–Crippen MR) is 122 cm³/mol. The van der Waals surface area contributed by atoms with Crippen LogP contribution in [0.1, 0.15) is 40.5 Å². The lowest BCUT2D eigenvalue weighted by Gasteiger charge is -2.48. The highest BCUT2D eigenvalue weighted by atomic mass is 32.1. The summed E-state index contributed by atoms with van der Waals surface area (Å²) in [6.45, 7) is 9.03. The second-order valence-electron chi connectivity index (χ2n) is 9.59. The molecule has 0 saturated carbocycles. The van der Waals surface area contributed by atoms with Gasteiger partial charge in [0.05, 0.1) is 6.20 Å². The lowest BCUT2D eigenvalue weighted by atomic mass is 9.79. The Labute approximate surface area is 181 Å². The van der Waals surface area contributed by atoms with Crippen molar-refractivity contribution < 1.29 is 5.11 Å². The van der Waals surface area contributed by atoms with Crippen LogP contribution >= 0.6 is 11.3 Å². The van der Waals surface area contributed by atoms with E-state index < -0.39 is 0 Å². The Balaban J connectivity index is 1.66. The average Bonchev–Trinajstić information content (AvgIpc) is 3.27. The first-order valence-corrected chi connectivity index (χ1v) is 11.0. The first-order valence-electron chi connectivity index (χ1n) is 10.2. The fraction of sp³-hybridized carbons (Fsp3) is 0.500. The number of aryl methyl sites for hydroxylation is 1. The number of nitrogens with one attached hydrogen (secondary N) is 1. The molecular weight excluding hydrogens is 396 g/mol. The van der Waals surface area contributed by atoms with Gasteiger partial charge in [-0.3, -0.25) is 4.68 Å². The second kappa shape index (κ2) is 7.35. The summed E-state index contributed by atoms with van der Waals surface area (Å²) >= 11 is 1.56. The second-order valence-corrected chi connectivity index (χ2v) is 10.5. The summed E-state index contributed by atoms with van der Waals surface area (Å²) in [4.78, 5) is 2.26. The molecule has 3 aromatic rings. The van der Waals surface area contributed by atoms with Gasteiger partial charge in [0.2, 0.25) is 5.13 Å². The molecule has 160 valence electrons. The van der Waals surface area contributed by atoms with Gasteiger partial charge in [-0.1, -0.05) is 11.3 Å². The van der Waals surface area contributed by atoms with Gasteiger partial charge < -0.3 is 15.3 Å². The number of benzene rings is 1. The van der Waals surface area contributed by atoms with Gasteiger partial charge in [-0.05, 0) is 64.3 Å². The number of aromatic hydroxyl groups is 1. The van der Waals surface area contributed by atoms with Crippen molar-refractivity contribution in [2.75, 3.05) is 11.9 Å². The number of nitrogens with zero attached hydrogens (tertiary/aromatic N) is 5. The molecule has 0 atom stereocenters. The number of rotatable bonds is 4. The Morgan fingerprint density at radius 3 is 2.47 bits per heavy atom. The fourth-order valence-electron chi connectivity index (χ4n) is 4.69. The van der Waals surface area contributed by atoms with E-state index in [4.69, 9.17) is 0 Å². The summed E-state index contributed by atoms with van der Waals surface area (Å²) in [5.74, 6) is 0.213. The van der Waals surface area contributed by atoms with Crippen molar-refractivity contribution in [3.05, 3.63) is 30.6 Å². The maximum absolute atomic E-state index is 10.1. The van der Waals surface area contributed by atoms with Crippen LogP contribution in [0.3, 0.4) is 0 Å². The van der Waals surface area contributed by atoms with Gasteiger partial charge in [-0.15, -0.1) is 10.2 Å². The van der Waals surface area contributed by atoms with E-state index >= 15 is 0 Å². The highest BCUT2D eigenvalue weighted by Gasteiger charge is 2.39. The van der Waals surface area contributed by atoms with Gasteiger partial charge in [-0.2, -0.15) is 5.10 Å². The van der Waals surface area contributed by atoms with Crippen LogP contribution in [0, 0.1) is 0 Å². The fourth-order valence-corrected chi connectivity index (χ4v) is 5.59. The zero-order chi connectivity index (χ0) is 21.7. The number of piperidine rings is 1. The number of hydrogen-bond acceptors (Lipinski definition) is 7. The zero-order valence-corrected chi connectivity index (χ0v) is 19.3. The molecule has 2 N–H and O–H groups in total. The Hall–Kier alpha value is -2.45. The molecule has 0 aliphatic carbocycles. The third-order valence-corrected chi connectivity index (χ3v) is 6.73. The molecular formula is C22H30N6OS. The smallest absolute Gasteiger partial charge is 0.208 e. The largest absolute Gasteiger partial charge is 0.508 e. The molecule has 0 unspecified atom stereocenters. The Morgan fingerprint density at radius 1 is 1.13 bits per heavy atom. The van der Waals surface area contributed by atoms with E-state index in [-0.39, 0.29) is 16.8 Å². The standard InChI is InChI=1S/C22H30N6OS/c1-21(2)10-15(11-22(3,4)26-21)28(6)20-25-24-19(30-20)18-9-16(29)7-8-17(18)14-12-23-27(5)13-14/h7-9,12-13,15,26,29H,10-11H2,1-6H3. The molecule has 0 amide bonds. The molecule has 1 aromatic carbocycles. The number of hydrogen-bond donors (Lipinski definition) is 2. The van der Waals surface area contributed by atoms with Crippen LogP contribution in [0.4, 0.5) is 5.13 Å². The van der Waals surface area contributed by atoms with E-state index in [9.17, 15) is 5.11 Å². The van der Waals surface area contributed by atoms with Crippen molar-refractivity contribution in [2.45, 2.75) is 57.7 Å². The van der Waals surface area contributed by atoms with Gasteiger partial charge in [0.25, 0.3) is 0 Å². The molecule has 8 heteroatoms. The van der Waals surface area contributed by atoms with E-state index in [1.807, 2.05) is 25.5 Å². The van der Waals surface area contributed by atoms with E-state index in [0.717, 1.165) is 39.7 Å². The van der Waals surface area contributed by atoms with Crippen molar-refractivity contribution in [3.63, 3.8) is 0 Å². The molecule has 1 saturated heterocycles. The summed E-state index contributed by atoms with van der Waals surface area (Å²) in [6.07, 6.45) is 5.86. The summed E-state index contributed by atoms with van der Waals surface area (Å²) in [5, 5.41) is 28.8. The molecule has 0 bridgehead atoms. The molecule has 3 heterocycles. The third-order valence-electron chi connectivity index (χ3n) is 5.68. The van der Waals surface area contributed by atoms with Crippen molar-refractivity contribution in [3.8, 4) is 27.4 Å². The van der Waals surface area contributed by atoms with Crippen LogP contribution in [0.25, 0.3) is 21.7 Å². The first kappa shape index (κ1) is 20.8. The van der Waals surface area contributed by atoms with Crippen molar-refractivity contribution in [1.29, 1.82) is 0 Å². The number of anilines is 1. The van der Waals surface area contributed by atoms with Crippen LogP contribution in [0.2, 0.25) is 0 Å². The minimum atomic E-state index is 0.0624. The van der Waals surface area contributed by atoms with E-state index in [1.165, 1.54) is 0 Å². The maximum atomic E-state index is 10.1. The van der Waals surface area contributed by atoms with E-state index in [0.29, 0.717) is 6.04 Å². The normalized spacial score (nSPS) is 18.5. The molecule has 30 heavy (non-hydrogen) atoms. The highest BCUT2D eigenvalue weighted by Crippen LogP contribution is 2.39. The van der Waals surface area contributed by atoms with Crippen LogP contribution in [-0.2, 0) is 7.05 Å². The minimum absolute atomic E-state index is 0.0624. The lowest BCUT2D eigenvalue weighted by Crippen LogP contribution is -2.61. The molecule has 1 aliphatic rings. The Bertz CT molecular complexity index is 1040. The Kier molecular flexibility index (Phi) is 5.10. The van der Waals surface area contributed by atoms with Crippen molar-refractivity contribution in [1.82, 2.24) is 25.3 Å². The van der Waals surface area contributed by atoms with Gasteiger partial charge >= 0.3 is 0 Å².